The van der Waals surface area contributed by atoms with E-state index in [-0.39, 0.29) is 23.5 Å². The summed E-state index contributed by atoms with van der Waals surface area (Å²) in [7, 11) is -3.07. The van der Waals surface area contributed by atoms with E-state index < -0.39 is 15.7 Å². The van der Waals surface area contributed by atoms with E-state index in [0.717, 1.165) is 0 Å². The molecule has 0 radical (unpaired) electrons. The van der Waals surface area contributed by atoms with E-state index in [2.05, 4.69) is 10.6 Å². The van der Waals surface area contributed by atoms with Crippen molar-refractivity contribution in [2.45, 2.75) is 12.5 Å². The molecule has 8 heteroatoms. The molecule has 0 spiro atoms. The lowest BCUT2D eigenvalue weighted by Gasteiger charge is -2.14. The SMILES string of the molecule is O=C(Nc1ccccc1C(=O)NC1CCS(=O)(=O)C1)c1ccsc1. The first-order chi connectivity index (χ1) is 11.4. The van der Waals surface area contributed by atoms with Crippen LogP contribution in [0.3, 0.4) is 0 Å². The number of sulfone groups is 1. The minimum Gasteiger partial charge on any atom is -0.348 e. The number of anilines is 1. The van der Waals surface area contributed by atoms with Gasteiger partial charge >= 0.3 is 0 Å². The summed E-state index contributed by atoms with van der Waals surface area (Å²) >= 11 is 1.41. The molecule has 1 aromatic heterocycles. The van der Waals surface area contributed by atoms with Crippen molar-refractivity contribution in [1.29, 1.82) is 0 Å². The Morgan fingerprint density at radius 3 is 2.58 bits per heavy atom. The highest BCUT2D eigenvalue weighted by molar-refractivity contribution is 7.91. The second-order valence-corrected chi connectivity index (χ2v) is 8.59. The number of benzene rings is 1. The Morgan fingerprint density at radius 2 is 1.92 bits per heavy atom. The first-order valence-corrected chi connectivity index (χ1v) is 10.1. The van der Waals surface area contributed by atoms with Crippen LogP contribution in [-0.2, 0) is 9.84 Å². The Labute approximate surface area is 143 Å². The normalized spacial score (nSPS) is 18.9. The second-order valence-electron chi connectivity index (χ2n) is 5.59. The molecule has 6 nitrogen and oxygen atoms in total. The summed E-state index contributed by atoms with van der Waals surface area (Å²) in [4.78, 5) is 24.6. The van der Waals surface area contributed by atoms with Gasteiger partial charge in [0.25, 0.3) is 11.8 Å². The number of rotatable bonds is 4. The standard InChI is InChI=1S/C16H16N2O4S2/c19-15(11-5-7-23-9-11)18-14-4-2-1-3-13(14)16(20)17-12-6-8-24(21,22)10-12/h1-5,7,9,12H,6,8,10H2,(H,17,20)(H,18,19). The summed E-state index contributed by atoms with van der Waals surface area (Å²) < 4.78 is 23.0. The molecule has 1 aromatic carbocycles. The monoisotopic (exact) mass is 364 g/mol. The topological polar surface area (TPSA) is 92.3 Å². The fourth-order valence-electron chi connectivity index (χ4n) is 2.55. The number of amides is 2. The molecule has 2 aromatic rings. The maximum absolute atomic E-state index is 12.4. The first-order valence-electron chi connectivity index (χ1n) is 7.38. The molecule has 0 bridgehead atoms. The largest absolute Gasteiger partial charge is 0.348 e. The maximum Gasteiger partial charge on any atom is 0.256 e. The third-order valence-corrected chi connectivity index (χ3v) is 6.22. The third kappa shape index (κ3) is 3.82. The van der Waals surface area contributed by atoms with Crippen molar-refractivity contribution in [2.24, 2.45) is 0 Å². The molecular weight excluding hydrogens is 348 g/mol. The molecule has 1 fully saturated rings. The Morgan fingerprint density at radius 1 is 1.12 bits per heavy atom. The van der Waals surface area contributed by atoms with E-state index in [1.165, 1.54) is 11.3 Å². The zero-order valence-corrected chi connectivity index (χ0v) is 14.3. The molecular formula is C16H16N2O4S2. The van der Waals surface area contributed by atoms with Gasteiger partial charge in [-0.1, -0.05) is 12.1 Å². The molecule has 3 rings (SSSR count). The van der Waals surface area contributed by atoms with Crippen molar-refractivity contribution in [2.75, 3.05) is 16.8 Å². The van der Waals surface area contributed by atoms with Gasteiger partial charge in [-0.05, 0) is 30.0 Å². The fraction of sp³-hybridized carbons (Fsp3) is 0.250. The van der Waals surface area contributed by atoms with Gasteiger partial charge < -0.3 is 10.6 Å². The second kappa shape index (κ2) is 6.74. The van der Waals surface area contributed by atoms with Crippen molar-refractivity contribution < 1.29 is 18.0 Å². The fourth-order valence-corrected chi connectivity index (χ4v) is 4.86. The highest BCUT2D eigenvalue weighted by Crippen LogP contribution is 2.19. The summed E-state index contributed by atoms with van der Waals surface area (Å²) in [6, 6.07) is 7.97. The van der Waals surface area contributed by atoms with Gasteiger partial charge in [-0.3, -0.25) is 9.59 Å². The molecule has 126 valence electrons. The summed E-state index contributed by atoms with van der Waals surface area (Å²) in [5.41, 5.74) is 1.23. The van der Waals surface area contributed by atoms with Crippen LogP contribution in [0.15, 0.2) is 41.1 Å². The van der Waals surface area contributed by atoms with E-state index in [1.807, 2.05) is 0 Å². The van der Waals surface area contributed by atoms with E-state index >= 15 is 0 Å². The highest BCUT2D eigenvalue weighted by Gasteiger charge is 2.29. The van der Waals surface area contributed by atoms with Gasteiger partial charge in [0.1, 0.15) is 0 Å². The van der Waals surface area contributed by atoms with Gasteiger partial charge in [0.2, 0.25) is 0 Å². The van der Waals surface area contributed by atoms with Crippen molar-refractivity contribution in [3.05, 3.63) is 52.2 Å². The number of para-hydroxylation sites is 1. The zero-order chi connectivity index (χ0) is 17.2. The Hall–Kier alpha value is -2.19. The Bertz CT molecular complexity index is 860. The highest BCUT2D eigenvalue weighted by atomic mass is 32.2. The summed E-state index contributed by atoms with van der Waals surface area (Å²) in [6.45, 7) is 0. The average Bonchev–Trinajstić information content (AvgIpc) is 3.17. The molecule has 2 amide bonds. The van der Waals surface area contributed by atoms with Crippen molar-refractivity contribution in [3.63, 3.8) is 0 Å². The van der Waals surface area contributed by atoms with E-state index in [9.17, 15) is 18.0 Å². The Kier molecular flexibility index (Phi) is 4.68. The number of thiophene rings is 1. The molecule has 0 aliphatic carbocycles. The van der Waals surface area contributed by atoms with Crippen LogP contribution in [0, 0.1) is 0 Å². The van der Waals surface area contributed by atoms with Crippen LogP contribution in [0.5, 0.6) is 0 Å². The number of hydrogen-bond donors (Lipinski definition) is 2. The summed E-state index contributed by atoms with van der Waals surface area (Å²) in [5, 5.41) is 8.98. The molecule has 1 aliphatic heterocycles. The molecule has 24 heavy (non-hydrogen) atoms. The van der Waals surface area contributed by atoms with Crippen molar-refractivity contribution in [3.8, 4) is 0 Å². The molecule has 2 N–H and O–H groups in total. The number of carbonyl (C=O) groups is 2. The summed E-state index contributed by atoms with van der Waals surface area (Å²) in [6.07, 6.45) is 0.414. The lowest BCUT2D eigenvalue weighted by Crippen LogP contribution is -2.36. The van der Waals surface area contributed by atoms with Gasteiger partial charge in [-0.2, -0.15) is 11.3 Å². The number of carbonyl (C=O) groups excluding carboxylic acids is 2. The first kappa shape index (κ1) is 16.7. The van der Waals surface area contributed by atoms with E-state index in [0.29, 0.717) is 23.2 Å². The smallest absolute Gasteiger partial charge is 0.256 e. The van der Waals surface area contributed by atoms with Crippen LogP contribution in [0.4, 0.5) is 5.69 Å². The molecule has 2 heterocycles. The number of hydrogen-bond acceptors (Lipinski definition) is 5. The van der Waals surface area contributed by atoms with Gasteiger partial charge in [-0.15, -0.1) is 0 Å². The molecule has 0 saturated carbocycles. The molecule has 1 saturated heterocycles. The van der Waals surface area contributed by atoms with Gasteiger partial charge in [0, 0.05) is 11.4 Å². The van der Waals surface area contributed by atoms with Crippen LogP contribution < -0.4 is 10.6 Å². The van der Waals surface area contributed by atoms with Gasteiger partial charge in [0.05, 0.1) is 28.3 Å². The quantitative estimate of drug-likeness (QED) is 0.867. The Balaban J connectivity index is 1.74. The molecule has 1 aliphatic rings. The van der Waals surface area contributed by atoms with Crippen LogP contribution >= 0.6 is 11.3 Å². The predicted molar refractivity (Wildman–Crippen MR) is 93.2 cm³/mol. The molecule has 1 atom stereocenters. The predicted octanol–water partition coefficient (Wildman–Crippen LogP) is 1.92. The average molecular weight is 364 g/mol. The number of nitrogens with one attached hydrogen (secondary N) is 2. The van der Waals surface area contributed by atoms with Gasteiger partial charge in [-0.25, -0.2) is 8.42 Å². The van der Waals surface area contributed by atoms with Crippen molar-refractivity contribution in [1.82, 2.24) is 5.32 Å². The third-order valence-electron chi connectivity index (χ3n) is 3.77. The van der Waals surface area contributed by atoms with Gasteiger partial charge in [0.15, 0.2) is 9.84 Å². The summed E-state index contributed by atoms with van der Waals surface area (Å²) in [5.74, 6) is -0.630. The van der Waals surface area contributed by atoms with Crippen molar-refractivity contribution >= 4 is 38.7 Å². The van der Waals surface area contributed by atoms with Crippen LogP contribution in [0.25, 0.3) is 0 Å². The maximum atomic E-state index is 12.4. The minimum absolute atomic E-state index is 0.0395. The van der Waals surface area contributed by atoms with E-state index in [4.69, 9.17) is 0 Å². The van der Waals surface area contributed by atoms with Crippen LogP contribution in [0.1, 0.15) is 27.1 Å². The zero-order valence-electron chi connectivity index (χ0n) is 12.7. The van der Waals surface area contributed by atoms with Crippen LogP contribution in [-0.4, -0.2) is 37.8 Å². The lowest BCUT2D eigenvalue weighted by molar-refractivity contribution is 0.0942. The van der Waals surface area contributed by atoms with Crippen LogP contribution in [0.2, 0.25) is 0 Å². The molecule has 1 unspecified atom stereocenters. The minimum atomic E-state index is -3.07. The lowest BCUT2D eigenvalue weighted by atomic mass is 10.1. The van der Waals surface area contributed by atoms with E-state index in [1.54, 1.807) is 41.1 Å².